The molecule has 0 saturated heterocycles. The van der Waals surface area contributed by atoms with E-state index in [1.807, 2.05) is 12.1 Å². The fourth-order valence-corrected chi connectivity index (χ4v) is 3.62. The highest BCUT2D eigenvalue weighted by Gasteiger charge is 2.17. The summed E-state index contributed by atoms with van der Waals surface area (Å²) in [6.45, 7) is 2.31. The number of fused-ring (bicyclic) bond motifs is 1. The van der Waals surface area contributed by atoms with Crippen molar-refractivity contribution in [3.05, 3.63) is 29.3 Å². The summed E-state index contributed by atoms with van der Waals surface area (Å²) in [5.74, 6) is 0. The molecule has 0 fully saturated rings. The Bertz CT molecular complexity index is 564. The molecule has 1 aliphatic carbocycles. The van der Waals surface area contributed by atoms with Crippen molar-refractivity contribution in [1.29, 1.82) is 0 Å². The molecule has 0 aromatic heterocycles. The second-order valence-corrected chi connectivity index (χ2v) is 7.05. The Kier molecular flexibility index (Phi) is 8.35. The van der Waals surface area contributed by atoms with Crippen molar-refractivity contribution in [3.8, 4) is 0 Å². The average molecular weight is 349 g/mol. The Morgan fingerprint density at radius 3 is 2.55 bits per heavy atom. The molecule has 2 rings (SSSR count). The number of hydrogen-bond acceptors (Lipinski definition) is 4. The standard InChI is InChI=1S/C15H24N2O3S.ClH/c1-20-11-10-16-8-9-17-21(18,19)15-7-6-13-4-2-3-5-14(13)12-15;/h6-7,12,16-17H,2-5,8-11H2,1H3;1H. The molecule has 7 heteroatoms. The van der Waals surface area contributed by atoms with Crippen LogP contribution in [0.5, 0.6) is 0 Å². The number of sulfonamides is 1. The van der Waals surface area contributed by atoms with Gasteiger partial charge in [-0.15, -0.1) is 12.4 Å². The molecule has 1 aromatic carbocycles. The molecule has 0 atom stereocenters. The normalized spacial score (nSPS) is 14.2. The SMILES string of the molecule is COCCNCCNS(=O)(=O)c1ccc2c(c1)CCCC2.Cl. The van der Waals surface area contributed by atoms with Gasteiger partial charge in [0.25, 0.3) is 0 Å². The van der Waals surface area contributed by atoms with Gasteiger partial charge in [-0.2, -0.15) is 0 Å². The zero-order valence-corrected chi connectivity index (χ0v) is 14.6. The fourth-order valence-electron chi connectivity index (χ4n) is 2.53. The maximum Gasteiger partial charge on any atom is 0.240 e. The van der Waals surface area contributed by atoms with Gasteiger partial charge in [-0.25, -0.2) is 13.1 Å². The van der Waals surface area contributed by atoms with E-state index in [9.17, 15) is 8.42 Å². The predicted octanol–water partition coefficient (Wildman–Crippen LogP) is 1.50. The molecule has 0 unspecified atom stereocenters. The summed E-state index contributed by atoms with van der Waals surface area (Å²) in [5.41, 5.74) is 2.48. The Morgan fingerprint density at radius 2 is 1.82 bits per heavy atom. The lowest BCUT2D eigenvalue weighted by atomic mass is 9.92. The lowest BCUT2D eigenvalue weighted by Crippen LogP contribution is -2.33. The van der Waals surface area contributed by atoms with Crippen molar-refractivity contribution in [2.75, 3.05) is 33.4 Å². The molecule has 0 aliphatic heterocycles. The monoisotopic (exact) mass is 348 g/mol. The van der Waals surface area contributed by atoms with Gasteiger partial charge >= 0.3 is 0 Å². The van der Waals surface area contributed by atoms with E-state index < -0.39 is 10.0 Å². The highest BCUT2D eigenvalue weighted by Crippen LogP contribution is 2.23. The summed E-state index contributed by atoms with van der Waals surface area (Å²) in [6.07, 6.45) is 4.39. The molecule has 0 amide bonds. The first-order chi connectivity index (χ1) is 10.1. The number of ether oxygens (including phenoxy) is 1. The van der Waals surface area contributed by atoms with Crippen LogP contribution in [0, 0.1) is 0 Å². The second kappa shape index (κ2) is 9.47. The van der Waals surface area contributed by atoms with Gasteiger partial charge in [-0.05, 0) is 48.9 Å². The van der Waals surface area contributed by atoms with Crippen molar-refractivity contribution < 1.29 is 13.2 Å². The van der Waals surface area contributed by atoms with Crippen molar-refractivity contribution >= 4 is 22.4 Å². The van der Waals surface area contributed by atoms with Gasteiger partial charge in [0.15, 0.2) is 0 Å². The molecule has 1 aliphatic rings. The molecule has 0 radical (unpaired) electrons. The number of aryl methyl sites for hydroxylation is 2. The predicted molar refractivity (Wildman–Crippen MR) is 90.3 cm³/mol. The molecular formula is C15H25ClN2O3S. The van der Waals surface area contributed by atoms with Crippen LogP contribution in [-0.2, 0) is 27.6 Å². The zero-order chi connectivity index (χ0) is 15.1. The smallest absolute Gasteiger partial charge is 0.240 e. The molecular weight excluding hydrogens is 324 g/mol. The summed E-state index contributed by atoms with van der Waals surface area (Å²) in [6, 6.07) is 5.50. The van der Waals surface area contributed by atoms with Crippen molar-refractivity contribution in [1.82, 2.24) is 10.0 Å². The molecule has 0 bridgehead atoms. The third-order valence-corrected chi connectivity index (χ3v) is 5.17. The van der Waals surface area contributed by atoms with Crippen molar-refractivity contribution in [3.63, 3.8) is 0 Å². The fraction of sp³-hybridized carbons (Fsp3) is 0.600. The summed E-state index contributed by atoms with van der Waals surface area (Å²) < 4.78 is 32.0. The number of nitrogens with one attached hydrogen (secondary N) is 2. The number of rotatable bonds is 8. The summed E-state index contributed by atoms with van der Waals surface area (Å²) in [5, 5.41) is 3.11. The first-order valence-corrected chi connectivity index (χ1v) is 8.93. The minimum Gasteiger partial charge on any atom is -0.383 e. The number of methoxy groups -OCH3 is 1. The highest BCUT2D eigenvalue weighted by atomic mass is 35.5. The Morgan fingerprint density at radius 1 is 1.09 bits per heavy atom. The molecule has 5 nitrogen and oxygen atoms in total. The van der Waals surface area contributed by atoms with Crippen molar-refractivity contribution in [2.45, 2.75) is 30.6 Å². The lowest BCUT2D eigenvalue weighted by molar-refractivity contribution is 0.199. The topological polar surface area (TPSA) is 67.4 Å². The summed E-state index contributed by atoms with van der Waals surface area (Å²) in [4.78, 5) is 0.375. The van der Waals surface area contributed by atoms with Gasteiger partial charge in [-0.3, -0.25) is 0 Å². The third-order valence-electron chi connectivity index (χ3n) is 3.71. The number of benzene rings is 1. The van der Waals surface area contributed by atoms with Crippen LogP contribution in [0.4, 0.5) is 0 Å². The van der Waals surface area contributed by atoms with Crippen LogP contribution in [0.3, 0.4) is 0 Å². The van der Waals surface area contributed by atoms with Crippen LogP contribution >= 0.6 is 12.4 Å². The zero-order valence-electron chi connectivity index (χ0n) is 12.9. The van der Waals surface area contributed by atoms with E-state index in [2.05, 4.69) is 10.0 Å². The van der Waals surface area contributed by atoms with Gasteiger partial charge in [0, 0.05) is 26.7 Å². The lowest BCUT2D eigenvalue weighted by Gasteiger charge is -2.16. The maximum absolute atomic E-state index is 12.2. The van der Waals surface area contributed by atoms with E-state index in [1.165, 1.54) is 17.5 Å². The van der Waals surface area contributed by atoms with E-state index in [-0.39, 0.29) is 12.4 Å². The molecule has 1 aromatic rings. The Balaban J connectivity index is 0.00000242. The van der Waals surface area contributed by atoms with Crippen LogP contribution in [0.1, 0.15) is 24.0 Å². The Hall–Kier alpha value is -0.660. The van der Waals surface area contributed by atoms with E-state index in [1.54, 1.807) is 13.2 Å². The van der Waals surface area contributed by atoms with Crippen LogP contribution in [0.2, 0.25) is 0 Å². The van der Waals surface area contributed by atoms with Crippen LogP contribution in [0.25, 0.3) is 0 Å². The van der Waals surface area contributed by atoms with Crippen LogP contribution in [0.15, 0.2) is 23.1 Å². The van der Waals surface area contributed by atoms with E-state index in [0.717, 1.165) is 25.8 Å². The second-order valence-electron chi connectivity index (χ2n) is 5.28. The summed E-state index contributed by atoms with van der Waals surface area (Å²) >= 11 is 0. The Labute approximate surface area is 139 Å². The molecule has 0 spiro atoms. The minimum atomic E-state index is -3.41. The molecule has 22 heavy (non-hydrogen) atoms. The summed E-state index contributed by atoms with van der Waals surface area (Å²) in [7, 11) is -1.77. The first-order valence-electron chi connectivity index (χ1n) is 7.44. The van der Waals surface area contributed by atoms with Gasteiger partial charge in [0.05, 0.1) is 11.5 Å². The van der Waals surface area contributed by atoms with Gasteiger partial charge in [-0.1, -0.05) is 6.07 Å². The van der Waals surface area contributed by atoms with Crippen LogP contribution < -0.4 is 10.0 Å². The van der Waals surface area contributed by atoms with Gasteiger partial charge in [0.2, 0.25) is 10.0 Å². The quantitative estimate of drug-likeness (QED) is 0.699. The number of halogens is 1. The molecule has 126 valence electrons. The molecule has 0 heterocycles. The molecule has 0 saturated carbocycles. The average Bonchev–Trinajstić information content (AvgIpc) is 2.50. The largest absolute Gasteiger partial charge is 0.383 e. The third kappa shape index (κ3) is 5.52. The van der Waals surface area contributed by atoms with Crippen molar-refractivity contribution in [2.24, 2.45) is 0 Å². The van der Waals surface area contributed by atoms with E-state index in [0.29, 0.717) is 24.6 Å². The highest BCUT2D eigenvalue weighted by molar-refractivity contribution is 7.89. The van der Waals surface area contributed by atoms with E-state index in [4.69, 9.17) is 4.74 Å². The maximum atomic E-state index is 12.2. The number of hydrogen-bond donors (Lipinski definition) is 2. The van der Waals surface area contributed by atoms with E-state index >= 15 is 0 Å². The van der Waals surface area contributed by atoms with Gasteiger partial charge < -0.3 is 10.1 Å². The first kappa shape index (κ1) is 19.4. The van der Waals surface area contributed by atoms with Crippen LogP contribution in [-0.4, -0.2) is 41.8 Å². The molecule has 2 N–H and O–H groups in total. The van der Waals surface area contributed by atoms with Gasteiger partial charge in [0.1, 0.15) is 0 Å². The minimum absolute atomic E-state index is 0.